The molecule has 2 unspecified atom stereocenters. The van der Waals surface area contributed by atoms with Gasteiger partial charge in [0.15, 0.2) is 0 Å². The number of hydrogen-bond acceptors (Lipinski definition) is 2. The monoisotopic (exact) mass is 224 g/mol. The van der Waals surface area contributed by atoms with Gasteiger partial charge in [-0.2, -0.15) is 0 Å². The van der Waals surface area contributed by atoms with E-state index in [9.17, 15) is 4.79 Å². The van der Waals surface area contributed by atoms with Crippen LogP contribution in [0.1, 0.15) is 33.1 Å². The van der Waals surface area contributed by atoms with Gasteiger partial charge in [-0.05, 0) is 31.1 Å². The van der Waals surface area contributed by atoms with Gasteiger partial charge in [0, 0.05) is 26.2 Å². The van der Waals surface area contributed by atoms with Crippen LogP contribution in [0.2, 0.25) is 0 Å². The molecule has 2 atom stereocenters. The molecule has 3 nitrogen and oxygen atoms in total. The summed E-state index contributed by atoms with van der Waals surface area (Å²) >= 11 is 0. The molecule has 0 radical (unpaired) electrons. The third-order valence-corrected chi connectivity index (χ3v) is 3.76. The Bertz CT molecular complexity index is 238. The fraction of sp³-hybridized carbons (Fsp3) is 0.923. The Morgan fingerprint density at radius 1 is 1.12 bits per heavy atom. The molecule has 0 aromatic heterocycles. The van der Waals surface area contributed by atoms with E-state index in [4.69, 9.17) is 0 Å². The summed E-state index contributed by atoms with van der Waals surface area (Å²) in [6.45, 7) is 9.41. The van der Waals surface area contributed by atoms with E-state index in [0.29, 0.717) is 12.5 Å². The Labute approximate surface area is 98.8 Å². The van der Waals surface area contributed by atoms with E-state index in [1.807, 2.05) is 4.90 Å². The number of likely N-dealkylation sites (tertiary alicyclic amines) is 2. The summed E-state index contributed by atoms with van der Waals surface area (Å²) in [5, 5.41) is 0. The van der Waals surface area contributed by atoms with Crippen molar-refractivity contribution in [1.82, 2.24) is 9.80 Å². The van der Waals surface area contributed by atoms with Gasteiger partial charge in [0.1, 0.15) is 0 Å². The van der Waals surface area contributed by atoms with Gasteiger partial charge in [-0.15, -0.1) is 0 Å². The van der Waals surface area contributed by atoms with Crippen molar-refractivity contribution >= 4 is 5.91 Å². The number of carbonyl (C=O) groups is 1. The third-order valence-electron chi connectivity index (χ3n) is 3.76. The van der Waals surface area contributed by atoms with Crippen molar-refractivity contribution in [3.8, 4) is 0 Å². The van der Waals surface area contributed by atoms with Crippen LogP contribution in [0.25, 0.3) is 0 Å². The average Bonchev–Trinajstić information content (AvgIpc) is 2.68. The van der Waals surface area contributed by atoms with Crippen molar-refractivity contribution in [1.29, 1.82) is 0 Å². The van der Waals surface area contributed by atoms with Crippen LogP contribution in [0.3, 0.4) is 0 Å². The van der Waals surface area contributed by atoms with E-state index in [1.165, 1.54) is 19.3 Å². The van der Waals surface area contributed by atoms with E-state index < -0.39 is 0 Å². The second kappa shape index (κ2) is 5.17. The number of amides is 1. The van der Waals surface area contributed by atoms with Crippen molar-refractivity contribution in [2.75, 3.05) is 32.7 Å². The normalized spacial score (nSPS) is 32.0. The Morgan fingerprint density at radius 2 is 1.69 bits per heavy atom. The molecule has 0 aliphatic carbocycles. The highest BCUT2D eigenvalue weighted by Gasteiger charge is 2.25. The van der Waals surface area contributed by atoms with Crippen LogP contribution >= 0.6 is 0 Å². The molecule has 0 spiro atoms. The van der Waals surface area contributed by atoms with E-state index in [0.717, 1.165) is 38.0 Å². The van der Waals surface area contributed by atoms with Crippen LogP contribution in [-0.4, -0.2) is 48.4 Å². The predicted octanol–water partition coefficient (Wildman–Crippen LogP) is 1.59. The zero-order valence-corrected chi connectivity index (χ0v) is 10.6. The van der Waals surface area contributed by atoms with Crippen LogP contribution in [0.15, 0.2) is 0 Å². The SMILES string of the molecule is CC1CC(C)CN(CC(=O)N2CCCC2)C1. The average molecular weight is 224 g/mol. The maximum Gasteiger partial charge on any atom is 0.236 e. The van der Waals surface area contributed by atoms with Crippen molar-refractivity contribution in [3.63, 3.8) is 0 Å². The highest BCUT2D eigenvalue weighted by molar-refractivity contribution is 5.78. The molecule has 0 saturated carbocycles. The van der Waals surface area contributed by atoms with Gasteiger partial charge >= 0.3 is 0 Å². The Morgan fingerprint density at radius 3 is 2.25 bits per heavy atom. The molecule has 2 aliphatic heterocycles. The molecule has 16 heavy (non-hydrogen) atoms. The molecular weight excluding hydrogens is 200 g/mol. The first-order valence-electron chi connectivity index (χ1n) is 6.65. The standard InChI is InChI=1S/C13H24N2O/c1-11-7-12(2)9-14(8-11)10-13(16)15-5-3-4-6-15/h11-12H,3-10H2,1-2H3. The van der Waals surface area contributed by atoms with Gasteiger partial charge in [-0.3, -0.25) is 9.69 Å². The lowest BCUT2D eigenvalue weighted by molar-refractivity contribution is -0.132. The van der Waals surface area contributed by atoms with Gasteiger partial charge in [0.05, 0.1) is 6.54 Å². The minimum atomic E-state index is 0.346. The molecule has 2 rings (SSSR count). The van der Waals surface area contributed by atoms with Gasteiger partial charge in [0.2, 0.25) is 5.91 Å². The number of carbonyl (C=O) groups excluding carboxylic acids is 1. The molecular formula is C13H24N2O. The summed E-state index contributed by atoms with van der Waals surface area (Å²) in [6, 6.07) is 0. The van der Waals surface area contributed by atoms with E-state index in [-0.39, 0.29) is 0 Å². The molecule has 0 bridgehead atoms. The Balaban J connectivity index is 1.81. The molecule has 0 aromatic rings. The molecule has 1 amide bonds. The van der Waals surface area contributed by atoms with Gasteiger partial charge in [-0.1, -0.05) is 13.8 Å². The van der Waals surface area contributed by atoms with E-state index in [2.05, 4.69) is 18.7 Å². The van der Waals surface area contributed by atoms with Crippen LogP contribution < -0.4 is 0 Å². The largest absolute Gasteiger partial charge is 0.342 e. The quantitative estimate of drug-likeness (QED) is 0.711. The lowest BCUT2D eigenvalue weighted by Crippen LogP contribution is -2.45. The first-order chi connectivity index (χ1) is 7.65. The third kappa shape index (κ3) is 2.97. The van der Waals surface area contributed by atoms with Crippen molar-refractivity contribution < 1.29 is 4.79 Å². The zero-order valence-electron chi connectivity index (χ0n) is 10.6. The molecule has 3 heteroatoms. The lowest BCUT2D eigenvalue weighted by Gasteiger charge is -2.35. The second-order valence-corrected chi connectivity index (χ2v) is 5.73. The highest BCUT2D eigenvalue weighted by Crippen LogP contribution is 2.21. The Hall–Kier alpha value is -0.570. The minimum absolute atomic E-state index is 0.346. The van der Waals surface area contributed by atoms with Crippen molar-refractivity contribution in [3.05, 3.63) is 0 Å². The number of hydrogen-bond donors (Lipinski definition) is 0. The van der Waals surface area contributed by atoms with Crippen LogP contribution in [0.4, 0.5) is 0 Å². The number of nitrogens with zero attached hydrogens (tertiary/aromatic N) is 2. The molecule has 2 heterocycles. The van der Waals surface area contributed by atoms with Gasteiger partial charge in [0.25, 0.3) is 0 Å². The topological polar surface area (TPSA) is 23.6 Å². The highest BCUT2D eigenvalue weighted by atomic mass is 16.2. The van der Waals surface area contributed by atoms with E-state index >= 15 is 0 Å². The lowest BCUT2D eigenvalue weighted by atomic mass is 9.92. The number of piperidine rings is 1. The molecule has 2 saturated heterocycles. The van der Waals surface area contributed by atoms with Crippen LogP contribution in [0, 0.1) is 11.8 Å². The maximum absolute atomic E-state index is 12.0. The summed E-state index contributed by atoms with van der Waals surface area (Å²) in [6.07, 6.45) is 3.70. The summed E-state index contributed by atoms with van der Waals surface area (Å²) in [4.78, 5) is 16.4. The summed E-state index contributed by atoms with van der Waals surface area (Å²) in [5.41, 5.74) is 0. The first kappa shape index (κ1) is 11.9. The zero-order chi connectivity index (χ0) is 11.5. The number of rotatable bonds is 2. The molecule has 0 aromatic carbocycles. The minimum Gasteiger partial charge on any atom is -0.342 e. The van der Waals surface area contributed by atoms with Crippen molar-refractivity contribution in [2.24, 2.45) is 11.8 Å². The summed E-state index contributed by atoms with van der Waals surface area (Å²) in [7, 11) is 0. The van der Waals surface area contributed by atoms with Gasteiger partial charge in [-0.25, -0.2) is 0 Å². The van der Waals surface area contributed by atoms with Crippen molar-refractivity contribution in [2.45, 2.75) is 33.1 Å². The molecule has 2 fully saturated rings. The fourth-order valence-electron chi connectivity index (χ4n) is 3.18. The maximum atomic E-state index is 12.0. The molecule has 92 valence electrons. The van der Waals surface area contributed by atoms with E-state index in [1.54, 1.807) is 0 Å². The smallest absolute Gasteiger partial charge is 0.236 e. The molecule has 0 N–H and O–H groups in total. The predicted molar refractivity (Wildman–Crippen MR) is 65.2 cm³/mol. The van der Waals surface area contributed by atoms with Crippen LogP contribution in [0.5, 0.6) is 0 Å². The Kier molecular flexibility index (Phi) is 3.85. The fourth-order valence-corrected chi connectivity index (χ4v) is 3.18. The second-order valence-electron chi connectivity index (χ2n) is 5.73. The van der Waals surface area contributed by atoms with Crippen LogP contribution in [-0.2, 0) is 4.79 Å². The summed E-state index contributed by atoms with van der Waals surface area (Å²) < 4.78 is 0. The van der Waals surface area contributed by atoms with Gasteiger partial charge < -0.3 is 4.90 Å². The molecule has 2 aliphatic rings. The first-order valence-corrected chi connectivity index (χ1v) is 6.65. The summed E-state index contributed by atoms with van der Waals surface area (Å²) in [5.74, 6) is 1.84.